The Morgan fingerprint density at radius 3 is 2.00 bits per heavy atom. The Kier molecular flexibility index (Phi) is 3.02. The molecule has 0 aliphatic rings. The highest BCUT2D eigenvalue weighted by Crippen LogP contribution is 2.08. The fraction of sp³-hybridized carbons (Fsp3) is 0.800. The molecule has 0 bridgehead atoms. The Morgan fingerprint density at radius 2 is 2.00 bits per heavy atom. The minimum atomic E-state index is 0.125. The first-order chi connectivity index (χ1) is 3.18. The second kappa shape index (κ2) is 3.04. The van der Waals surface area contributed by atoms with E-state index in [2.05, 4.69) is 22.0 Å². The molecule has 0 aliphatic heterocycles. The molecule has 0 aromatic heterocycles. The van der Waals surface area contributed by atoms with Crippen LogP contribution in [0.3, 0.4) is 0 Å². The van der Waals surface area contributed by atoms with Crippen molar-refractivity contribution in [3.05, 3.63) is 0 Å². The number of hydrogen-bond donors (Lipinski definition) is 0. The Bertz CT molecular complexity index is 82.6. The van der Waals surface area contributed by atoms with Gasteiger partial charge in [0.2, 0.25) is 0 Å². The molecule has 0 heterocycles. The average molecular weight is 162 g/mol. The summed E-state index contributed by atoms with van der Waals surface area (Å²) in [5, 5.41) is 8.23. The van der Waals surface area contributed by atoms with Gasteiger partial charge >= 0.3 is 0 Å². The summed E-state index contributed by atoms with van der Waals surface area (Å²) in [7, 11) is 0. The minimum Gasteiger partial charge on any atom is -0.198 e. The zero-order valence-corrected chi connectivity index (χ0v) is 6.07. The molecule has 0 spiro atoms. The third kappa shape index (κ3) is 2.64. The zero-order chi connectivity index (χ0) is 5.86. The summed E-state index contributed by atoms with van der Waals surface area (Å²) in [6.07, 6.45) is 0. The minimum absolute atomic E-state index is 0.125. The number of hydrogen-bond acceptors (Lipinski definition) is 1. The molecule has 7 heavy (non-hydrogen) atoms. The topological polar surface area (TPSA) is 23.8 Å². The molecule has 0 fully saturated rings. The van der Waals surface area contributed by atoms with Gasteiger partial charge in [0.25, 0.3) is 0 Å². The summed E-state index contributed by atoms with van der Waals surface area (Å²) in [5.74, 6) is 0.125. The molecule has 2 atom stereocenters. The number of rotatable bonds is 1. The van der Waals surface area contributed by atoms with Crippen molar-refractivity contribution in [3.63, 3.8) is 0 Å². The van der Waals surface area contributed by atoms with Crippen LogP contribution in [0.15, 0.2) is 0 Å². The molecule has 1 unspecified atom stereocenters. The first-order valence-corrected chi connectivity index (χ1v) is 3.13. The molecule has 40 valence electrons. The molecule has 0 amide bonds. The lowest BCUT2D eigenvalue weighted by Gasteiger charge is -2.00. The summed E-state index contributed by atoms with van der Waals surface area (Å²) >= 11 is 3.28. The molecule has 0 radical (unpaired) electrons. The van der Waals surface area contributed by atoms with Gasteiger partial charge in [0.05, 0.1) is 12.0 Å². The third-order valence-corrected chi connectivity index (χ3v) is 1.69. The van der Waals surface area contributed by atoms with E-state index in [-0.39, 0.29) is 5.92 Å². The Hall–Kier alpha value is -0.0300. The molecule has 1 nitrogen and oxygen atoms in total. The maximum absolute atomic E-state index is 8.23. The van der Waals surface area contributed by atoms with Gasteiger partial charge in [0, 0.05) is 4.83 Å². The van der Waals surface area contributed by atoms with Gasteiger partial charge in [-0.25, -0.2) is 0 Å². The van der Waals surface area contributed by atoms with Gasteiger partial charge in [-0.1, -0.05) is 22.9 Å². The van der Waals surface area contributed by atoms with Gasteiger partial charge in [-0.05, 0) is 6.92 Å². The van der Waals surface area contributed by atoms with Crippen LogP contribution in [0.2, 0.25) is 0 Å². The van der Waals surface area contributed by atoms with Crippen molar-refractivity contribution in [1.82, 2.24) is 0 Å². The van der Waals surface area contributed by atoms with Gasteiger partial charge in [-0.2, -0.15) is 5.26 Å². The van der Waals surface area contributed by atoms with E-state index in [0.717, 1.165) is 0 Å². The first-order valence-electron chi connectivity index (χ1n) is 2.22. The van der Waals surface area contributed by atoms with E-state index in [0.29, 0.717) is 4.83 Å². The second-order valence-electron chi connectivity index (χ2n) is 1.60. The SMILES string of the molecule is CC(C#N)[C@H](C)Br. The van der Waals surface area contributed by atoms with Crippen LogP contribution in [-0.4, -0.2) is 4.83 Å². The van der Waals surface area contributed by atoms with Crippen LogP contribution in [-0.2, 0) is 0 Å². The van der Waals surface area contributed by atoms with Crippen molar-refractivity contribution in [2.45, 2.75) is 18.7 Å². The maximum Gasteiger partial charge on any atom is 0.0664 e. The van der Waals surface area contributed by atoms with E-state index in [1.54, 1.807) is 0 Å². The maximum atomic E-state index is 8.23. The quantitative estimate of drug-likeness (QED) is 0.540. The van der Waals surface area contributed by atoms with Gasteiger partial charge in [0.15, 0.2) is 0 Å². The van der Waals surface area contributed by atoms with Crippen molar-refractivity contribution in [2.75, 3.05) is 0 Å². The molecule has 0 saturated carbocycles. The van der Waals surface area contributed by atoms with Crippen molar-refractivity contribution in [2.24, 2.45) is 5.92 Å². The van der Waals surface area contributed by atoms with Gasteiger partial charge < -0.3 is 0 Å². The lowest BCUT2D eigenvalue weighted by molar-refractivity contribution is 0.742. The lowest BCUT2D eigenvalue weighted by atomic mass is 10.1. The Morgan fingerprint density at radius 1 is 1.57 bits per heavy atom. The molecule has 0 aromatic rings. The van der Waals surface area contributed by atoms with Crippen molar-refractivity contribution in [3.8, 4) is 6.07 Å². The highest BCUT2D eigenvalue weighted by Gasteiger charge is 2.04. The molecule has 2 heteroatoms. The number of alkyl halides is 1. The monoisotopic (exact) mass is 161 g/mol. The van der Waals surface area contributed by atoms with Crippen molar-refractivity contribution in [1.29, 1.82) is 5.26 Å². The largest absolute Gasteiger partial charge is 0.198 e. The van der Waals surface area contributed by atoms with Crippen LogP contribution in [0.4, 0.5) is 0 Å². The average Bonchev–Trinajstić information content (AvgIpc) is 1.65. The fourth-order valence-electron chi connectivity index (χ4n) is 0.103. The van der Waals surface area contributed by atoms with Crippen LogP contribution in [0.1, 0.15) is 13.8 Å². The molecular formula is C5H8BrN. The van der Waals surface area contributed by atoms with Crippen molar-refractivity contribution >= 4 is 15.9 Å². The van der Waals surface area contributed by atoms with Crippen LogP contribution in [0.25, 0.3) is 0 Å². The highest BCUT2D eigenvalue weighted by atomic mass is 79.9. The highest BCUT2D eigenvalue weighted by molar-refractivity contribution is 9.09. The molecule has 0 N–H and O–H groups in total. The van der Waals surface area contributed by atoms with Gasteiger partial charge in [0.1, 0.15) is 0 Å². The van der Waals surface area contributed by atoms with E-state index in [4.69, 9.17) is 5.26 Å². The van der Waals surface area contributed by atoms with E-state index in [9.17, 15) is 0 Å². The van der Waals surface area contributed by atoms with E-state index in [1.807, 2.05) is 13.8 Å². The van der Waals surface area contributed by atoms with E-state index >= 15 is 0 Å². The van der Waals surface area contributed by atoms with Crippen LogP contribution in [0.5, 0.6) is 0 Å². The summed E-state index contributed by atoms with van der Waals surface area (Å²) in [4.78, 5) is 0.317. The molecule has 0 aromatic carbocycles. The van der Waals surface area contributed by atoms with Crippen molar-refractivity contribution < 1.29 is 0 Å². The molecule has 0 saturated heterocycles. The second-order valence-corrected chi connectivity index (χ2v) is 3.04. The summed E-state index contributed by atoms with van der Waals surface area (Å²) in [6, 6.07) is 2.12. The summed E-state index contributed by atoms with van der Waals surface area (Å²) < 4.78 is 0. The molecular weight excluding hydrogens is 154 g/mol. The van der Waals surface area contributed by atoms with Gasteiger partial charge in [-0.3, -0.25) is 0 Å². The van der Waals surface area contributed by atoms with Crippen LogP contribution in [0, 0.1) is 17.2 Å². The fourth-order valence-corrected chi connectivity index (χ4v) is 0.221. The smallest absolute Gasteiger partial charge is 0.0664 e. The normalized spacial score (nSPS) is 17.4. The van der Waals surface area contributed by atoms with Crippen LogP contribution < -0.4 is 0 Å². The summed E-state index contributed by atoms with van der Waals surface area (Å²) in [5.41, 5.74) is 0. The lowest BCUT2D eigenvalue weighted by Crippen LogP contribution is -2.01. The predicted octanol–water partition coefficient (Wildman–Crippen LogP) is 1.93. The number of nitriles is 1. The number of nitrogens with zero attached hydrogens (tertiary/aromatic N) is 1. The third-order valence-electron chi connectivity index (χ3n) is 0.893. The van der Waals surface area contributed by atoms with Crippen LogP contribution >= 0.6 is 15.9 Å². The zero-order valence-electron chi connectivity index (χ0n) is 4.48. The number of halogens is 1. The molecule has 0 aliphatic carbocycles. The van der Waals surface area contributed by atoms with E-state index < -0.39 is 0 Å². The molecule has 0 rings (SSSR count). The Balaban J connectivity index is 3.40. The Labute approximate surface area is 52.5 Å². The predicted molar refractivity (Wildman–Crippen MR) is 33.2 cm³/mol. The standard InChI is InChI=1S/C5H8BrN/c1-4(3-7)5(2)6/h4-5H,1-2H3/t4?,5-/m0/s1. The summed E-state index contributed by atoms with van der Waals surface area (Å²) in [6.45, 7) is 3.85. The first kappa shape index (κ1) is 6.97. The van der Waals surface area contributed by atoms with Gasteiger partial charge in [-0.15, -0.1) is 0 Å². The van der Waals surface area contributed by atoms with E-state index in [1.165, 1.54) is 0 Å².